The van der Waals surface area contributed by atoms with Gasteiger partial charge in [-0.15, -0.1) is 0 Å². The molecule has 1 atom stereocenters. The molecule has 1 heterocycles. The lowest BCUT2D eigenvalue weighted by Crippen LogP contribution is -2.37. The van der Waals surface area contributed by atoms with Gasteiger partial charge in [0.05, 0.1) is 17.5 Å². The molecule has 0 unspecified atom stereocenters. The summed E-state index contributed by atoms with van der Waals surface area (Å²) in [5.41, 5.74) is 0.0192. The highest BCUT2D eigenvalue weighted by Crippen LogP contribution is 2.23. The summed E-state index contributed by atoms with van der Waals surface area (Å²) in [6, 6.07) is 0. The molecule has 0 aromatic carbocycles. The summed E-state index contributed by atoms with van der Waals surface area (Å²) in [7, 11) is 0. The molecule has 1 aliphatic rings. The number of nitrogens with zero attached hydrogens (tertiary/aromatic N) is 2. The average molecular weight is 282 g/mol. The molecule has 0 spiro atoms. The van der Waals surface area contributed by atoms with Crippen molar-refractivity contribution in [3.63, 3.8) is 0 Å². The summed E-state index contributed by atoms with van der Waals surface area (Å²) in [6.45, 7) is 10.1. The van der Waals surface area contributed by atoms with Crippen molar-refractivity contribution < 1.29 is 5.11 Å². The van der Waals surface area contributed by atoms with Crippen molar-refractivity contribution in [3.05, 3.63) is 0 Å². The fourth-order valence-electron chi connectivity index (χ4n) is 2.96. The molecule has 0 radical (unpaired) electrons. The highest BCUT2D eigenvalue weighted by Gasteiger charge is 2.30. The maximum Gasteiger partial charge on any atom is 0.0998 e. The highest BCUT2D eigenvalue weighted by molar-refractivity contribution is 5.84. The molecule has 0 aromatic heterocycles. The third kappa shape index (κ3) is 6.74. The number of unbranched alkanes of at least 4 members (excludes halogenated alkanes) is 6. The first-order valence-corrected chi connectivity index (χ1v) is 8.46. The van der Waals surface area contributed by atoms with Crippen molar-refractivity contribution in [2.45, 2.75) is 90.7 Å². The second-order valence-corrected chi connectivity index (χ2v) is 6.94. The highest BCUT2D eigenvalue weighted by atomic mass is 16.3. The van der Waals surface area contributed by atoms with E-state index in [2.05, 4.69) is 25.7 Å². The maximum atomic E-state index is 9.60. The van der Waals surface area contributed by atoms with Gasteiger partial charge in [-0.1, -0.05) is 45.4 Å². The van der Waals surface area contributed by atoms with Gasteiger partial charge >= 0.3 is 0 Å². The Bertz CT molecular complexity index is 297. The molecule has 0 amide bonds. The normalized spacial score (nSPS) is 19.2. The number of amidine groups is 1. The van der Waals surface area contributed by atoms with E-state index < -0.39 is 0 Å². The van der Waals surface area contributed by atoms with E-state index in [-0.39, 0.29) is 11.6 Å². The van der Waals surface area contributed by atoms with Gasteiger partial charge in [-0.05, 0) is 27.2 Å². The zero-order chi connectivity index (χ0) is 15.0. The number of β-amino-alcohol motifs (C(OH)–C–C–N with tert-alkyl or cyclic N) is 1. The Morgan fingerprint density at radius 3 is 2.35 bits per heavy atom. The van der Waals surface area contributed by atoms with Crippen LogP contribution in [0.4, 0.5) is 0 Å². The van der Waals surface area contributed by atoms with Gasteiger partial charge in [0.15, 0.2) is 0 Å². The summed E-state index contributed by atoms with van der Waals surface area (Å²) in [5, 5.41) is 9.60. The molecule has 0 aromatic rings. The van der Waals surface area contributed by atoms with Gasteiger partial charge < -0.3 is 10.0 Å². The van der Waals surface area contributed by atoms with Crippen LogP contribution in [0.25, 0.3) is 0 Å². The molecule has 118 valence electrons. The van der Waals surface area contributed by atoms with Gasteiger partial charge in [-0.2, -0.15) is 0 Å². The lowest BCUT2D eigenvalue weighted by molar-refractivity contribution is 0.157. The van der Waals surface area contributed by atoms with E-state index in [4.69, 9.17) is 4.99 Å². The van der Waals surface area contributed by atoms with Gasteiger partial charge in [-0.25, -0.2) is 0 Å². The first kappa shape index (κ1) is 17.5. The third-order valence-corrected chi connectivity index (χ3v) is 3.86. The summed E-state index contributed by atoms with van der Waals surface area (Å²) < 4.78 is 0. The third-order valence-electron chi connectivity index (χ3n) is 3.86. The Morgan fingerprint density at radius 1 is 1.15 bits per heavy atom. The van der Waals surface area contributed by atoms with Crippen LogP contribution in [-0.4, -0.2) is 40.6 Å². The molecular weight excluding hydrogens is 248 g/mol. The minimum absolute atomic E-state index is 0.0192. The molecule has 1 N–H and O–H groups in total. The maximum absolute atomic E-state index is 9.60. The Labute approximate surface area is 125 Å². The van der Waals surface area contributed by atoms with Gasteiger partial charge in [0.1, 0.15) is 0 Å². The summed E-state index contributed by atoms with van der Waals surface area (Å²) >= 11 is 0. The van der Waals surface area contributed by atoms with Gasteiger partial charge in [-0.3, -0.25) is 4.99 Å². The number of hydrogen-bond donors (Lipinski definition) is 1. The summed E-state index contributed by atoms with van der Waals surface area (Å²) in [4.78, 5) is 7.11. The molecule has 3 heteroatoms. The molecule has 20 heavy (non-hydrogen) atoms. The molecule has 3 nitrogen and oxygen atoms in total. The predicted molar refractivity (Wildman–Crippen MR) is 87.4 cm³/mol. The van der Waals surface area contributed by atoms with E-state index >= 15 is 0 Å². The van der Waals surface area contributed by atoms with Crippen LogP contribution in [0.3, 0.4) is 0 Å². The molecule has 0 saturated carbocycles. The first-order chi connectivity index (χ1) is 9.44. The molecular formula is C17H34N2O. The van der Waals surface area contributed by atoms with Crippen LogP contribution in [0, 0.1) is 0 Å². The molecule has 0 bridgehead atoms. The zero-order valence-corrected chi connectivity index (χ0v) is 14.0. The van der Waals surface area contributed by atoms with Gasteiger partial charge in [0, 0.05) is 19.5 Å². The molecule has 1 rings (SSSR count). The standard InChI is InChI=1S/C17H34N2O/c1-5-6-7-8-9-10-11-12-16-18-17(3,4)14-19(16)13-15(2)20/h15,20H,5-14H2,1-4H3/t15-/m0/s1. The number of aliphatic imine (C=N–C) groups is 1. The van der Waals surface area contributed by atoms with Crippen LogP contribution in [0.15, 0.2) is 4.99 Å². The van der Waals surface area contributed by atoms with Gasteiger partial charge in [0.2, 0.25) is 0 Å². The molecule has 0 saturated heterocycles. The topological polar surface area (TPSA) is 35.8 Å². The van der Waals surface area contributed by atoms with Crippen LogP contribution in [0.2, 0.25) is 0 Å². The Morgan fingerprint density at radius 2 is 1.75 bits per heavy atom. The number of rotatable bonds is 10. The van der Waals surface area contributed by atoms with Crippen molar-refractivity contribution in [1.82, 2.24) is 4.90 Å². The second kappa shape index (κ2) is 8.66. The lowest BCUT2D eigenvalue weighted by atomic mass is 10.1. The van der Waals surface area contributed by atoms with Crippen molar-refractivity contribution >= 4 is 5.84 Å². The van der Waals surface area contributed by atoms with Crippen LogP contribution >= 0.6 is 0 Å². The first-order valence-electron chi connectivity index (χ1n) is 8.46. The van der Waals surface area contributed by atoms with E-state index in [0.29, 0.717) is 0 Å². The number of hydrogen-bond acceptors (Lipinski definition) is 3. The smallest absolute Gasteiger partial charge is 0.0998 e. The Kier molecular flexibility index (Phi) is 7.57. The minimum Gasteiger partial charge on any atom is -0.392 e. The van der Waals surface area contributed by atoms with Crippen molar-refractivity contribution in [2.24, 2.45) is 4.99 Å². The van der Waals surface area contributed by atoms with Crippen molar-refractivity contribution in [2.75, 3.05) is 13.1 Å². The largest absolute Gasteiger partial charge is 0.392 e. The van der Waals surface area contributed by atoms with E-state index in [1.165, 1.54) is 50.8 Å². The lowest BCUT2D eigenvalue weighted by Gasteiger charge is -2.24. The van der Waals surface area contributed by atoms with Crippen LogP contribution in [0.1, 0.15) is 79.1 Å². The second-order valence-electron chi connectivity index (χ2n) is 6.94. The van der Waals surface area contributed by atoms with Gasteiger partial charge in [0.25, 0.3) is 0 Å². The van der Waals surface area contributed by atoms with Crippen molar-refractivity contribution in [1.29, 1.82) is 0 Å². The minimum atomic E-state index is -0.275. The molecule has 0 aliphatic carbocycles. The van der Waals surface area contributed by atoms with Crippen LogP contribution in [-0.2, 0) is 0 Å². The Balaban J connectivity index is 2.25. The van der Waals surface area contributed by atoms with Crippen LogP contribution < -0.4 is 0 Å². The quantitative estimate of drug-likeness (QED) is 0.615. The van der Waals surface area contributed by atoms with E-state index in [1.807, 2.05) is 6.92 Å². The van der Waals surface area contributed by atoms with Crippen molar-refractivity contribution in [3.8, 4) is 0 Å². The number of aliphatic hydroxyl groups excluding tert-OH is 1. The fraction of sp³-hybridized carbons (Fsp3) is 0.941. The van der Waals surface area contributed by atoms with Crippen LogP contribution in [0.5, 0.6) is 0 Å². The Hall–Kier alpha value is -0.570. The average Bonchev–Trinajstić information content (AvgIpc) is 2.62. The zero-order valence-electron chi connectivity index (χ0n) is 14.0. The van der Waals surface area contributed by atoms with E-state index in [1.54, 1.807) is 0 Å². The SMILES string of the molecule is CCCCCCCCCC1=NC(C)(C)CN1C[C@H](C)O. The number of aliphatic hydroxyl groups is 1. The fourth-order valence-corrected chi connectivity index (χ4v) is 2.96. The van der Waals surface area contributed by atoms with E-state index in [0.717, 1.165) is 19.5 Å². The summed E-state index contributed by atoms with van der Waals surface area (Å²) in [6.07, 6.45) is 10.2. The predicted octanol–water partition coefficient (Wildman–Crippen LogP) is 4.00. The molecule has 0 fully saturated rings. The monoisotopic (exact) mass is 282 g/mol. The summed E-state index contributed by atoms with van der Waals surface area (Å²) in [5.74, 6) is 1.21. The van der Waals surface area contributed by atoms with E-state index in [9.17, 15) is 5.11 Å². The molecule has 1 aliphatic heterocycles.